The molecule has 0 bridgehead atoms. The van der Waals surface area contributed by atoms with Gasteiger partial charge >= 0.3 is 0 Å². The van der Waals surface area contributed by atoms with Crippen LogP contribution in [0.1, 0.15) is 28.8 Å². The average molecular weight is 427 g/mol. The number of aliphatic hydroxyl groups is 2. The first-order chi connectivity index (χ1) is 14.7. The highest BCUT2D eigenvalue weighted by atomic mass is 16.5. The Morgan fingerprint density at radius 2 is 1.87 bits per heavy atom. The second-order valence-electron chi connectivity index (χ2n) is 8.42. The number of fused-ring (bicyclic) bond motifs is 3. The van der Waals surface area contributed by atoms with Gasteiger partial charge in [0.2, 0.25) is 0 Å². The molecule has 1 aromatic rings. The van der Waals surface area contributed by atoms with Crippen molar-refractivity contribution >= 4 is 17.5 Å². The highest BCUT2D eigenvalue weighted by molar-refractivity contribution is 6.21. The smallest absolute Gasteiger partial charge is 0.260 e. The maximum atomic E-state index is 13.5. The fourth-order valence-electron chi connectivity index (χ4n) is 5.15. The molecule has 0 fully saturated rings. The summed E-state index contributed by atoms with van der Waals surface area (Å²) in [6.45, 7) is 0. The molecule has 0 radical (unpaired) electrons. The molecule has 0 spiro atoms. The first kappa shape index (κ1) is 21.1. The predicted octanol–water partition coefficient (Wildman–Crippen LogP) is 1.57. The Labute approximate surface area is 179 Å². The van der Waals surface area contributed by atoms with Gasteiger partial charge in [-0.15, -0.1) is 0 Å². The minimum atomic E-state index is -2.13. The lowest BCUT2D eigenvalue weighted by Crippen LogP contribution is -2.54. The SMILES string of the molecule is COC1=C2C(=O)c3c(cccc3OC)C[C@H]2C[C@H]2CC(=O)C(C(=O)N(C)C)=C(O)[C@@]12O. The molecule has 164 valence electrons. The van der Waals surface area contributed by atoms with Crippen LogP contribution in [-0.2, 0) is 20.7 Å². The molecule has 4 rings (SSSR count). The summed E-state index contributed by atoms with van der Waals surface area (Å²) in [5, 5.41) is 22.7. The van der Waals surface area contributed by atoms with Crippen LogP contribution in [0, 0.1) is 11.8 Å². The second kappa shape index (κ2) is 7.23. The molecule has 0 saturated carbocycles. The number of hydrogen-bond acceptors (Lipinski definition) is 7. The van der Waals surface area contributed by atoms with Gasteiger partial charge in [-0.2, -0.15) is 0 Å². The number of Topliss-reactive ketones (excluding diaryl/α,β-unsaturated/α-hetero) is 2. The molecular formula is C23H25NO7. The standard InChI is InChI=1S/C23H25NO7/c1-24(2)22(28)18-14(25)10-13-9-12-8-11-6-5-7-15(30-3)16(11)19(26)17(12)21(31-4)23(13,29)20(18)27/h5-7,12-13,27,29H,8-10H2,1-4H3/t12-,13-,23+/m0/s1. The summed E-state index contributed by atoms with van der Waals surface area (Å²) in [7, 11) is 5.69. The molecule has 0 heterocycles. The van der Waals surface area contributed by atoms with E-state index in [0.29, 0.717) is 24.2 Å². The van der Waals surface area contributed by atoms with Gasteiger partial charge in [0.15, 0.2) is 17.2 Å². The number of carbonyl (C=O) groups excluding carboxylic acids is 3. The fraction of sp³-hybridized carbons (Fsp3) is 0.435. The van der Waals surface area contributed by atoms with E-state index in [0.717, 1.165) is 10.5 Å². The van der Waals surface area contributed by atoms with Gasteiger partial charge in [-0.1, -0.05) is 12.1 Å². The number of hydrogen-bond donors (Lipinski definition) is 2. The summed E-state index contributed by atoms with van der Waals surface area (Å²) in [6, 6.07) is 5.36. The number of aliphatic hydroxyl groups excluding tert-OH is 1. The molecular weight excluding hydrogens is 402 g/mol. The summed E-state index contributed by atoms with van der Waals surface area (Å²) in [5.41, 5.74) is -1.14. The molecule has 2 N–H and O–H groups in total. The van der Waals surface area contributed by atoms with Crippen molar-refractivity contribution in [3.8, 4) is 5.75 Å². The van der Waals surface area contributed by atoms with Gasteiger partial charge in [-0.25, -0.2) is 0 Å². The van der Waals surface area contributed by atoms with Crippen molar-refractivity contribution < 1.29 is 34.1 Å². The first-order valence-electron chi connectivity index (χ1n) is 10.1. The zero-order valence-corrected chi connectivity index (χ0v) is 17.9. The van der Waals surface area contributed by atoms with E-state index in [2.05, 4.69) is 0 Å². The largest absolute Gasteiger partial charge is 0.508 e. The number of allylic oxidation sites excluding steroid dienone is 1. The van der Waals surface area contributed by atoms with E-state index in [1.165, 1.54) is 28.3 Å². The Kier molecular flexibility index (Phi) is 4.93. The topological polar surface area (TPSA) is 113 Å². The van der Waals surface area contributed by atoms with E-state index in [4.69, 9.17) is 9.47 Å². The van der Waals surface area contributed by atoms with Crippen molar-refractivity contribution in [2.75, 3.05) is 28.3 Å². The van der Waals surface area contributed by atoms with Gasteiger partial charge in [-0.3, -0.25) is 14.4 Å². The molecule has 0 aliphatic heterocycles. The molecule has 8 heteroatoms. The number of methoxy groups -OCH3 is 2. The summed E-state index contributed by atoms with van der Waals surface area (Å²) >= 11 is 0. The molecule has 3 atom stereocenters. The first-order valence-corrected chi connectivity index (χ1v) is 10.1. The lowest BCUT2D eigenvalue weighted by atomic mass is 9.60. The van der Waals surface area contributed by atoms with Crippen LogP contribution in [-0.4, -0.2) is 66.5 Å². The van der Waals surface area contributed by atoms with Gasteiger partial charge in [0.25, 0.3) is 5.91 Å². The van der Waals surface area contributed by atoms with E-state index in [9.17, 15) is 24.6 Å². The van der Waals surface area contributed by atoms with Crippen LogP contribution < -0.4 is 4.74 Å². The van der Waals surface area contributed by atoms with Crippen LogP contribution in [0.15, 0.2) is 40.9 Å². The van der Waals surface area contributed by atoms with E-state index >= 15 is 0 Å². The Balaban J connectivity index is 1.96. The average Bonchev–Trinajstić information content (AvgIpc) is 2.73. The van der Waals surface area contributed by atoms with E-state index < -0.39 is 34.5 Å². The van der Waals surface area contributed by atoms with Crippen molar-refractivity contribution in [3.05, 3.63) is 52.0 Å². The van der Waals surface area contributed by atoms with Gasteiger partial charge in [0, 0.05) is 32.0 Å². The zero-order chi connectivity index (χ0) is 22.7. The monoisotopic (exact) mass is 427 g/mol. The Hall–Kier alpha value is -3.13. The van der Waals surface area contributed by atoms with Gasteiger partial charge in [-0.05, 0) is 30.4 Å². The lowest BCUT2D eigenvalue weighted by Gasteiger charge is -2.47. The van der Waals surface area contributed by atoms with Crippen molar-refractivity contribution in [1.82, 2.24) is 4.90 Å². The van der Waals surface area contributed by atoms with Crippen LogP contribution in [0.25, 0.3) is 0 Å². The highest BCUT2D eigenvalue weighted by Gasteiger charge is 2.59. The third-order valence-electron chi connectivity index (χ3n) is 6.56. The van der Waals surface area contributed by atoms with Crippen molar-refractivity contribution in [1.29, 1.82) is 0 Å². The quantitative estimate of drug-likeness (QED) is 0.704. The molecule has 0 aromatic heterocycles. The van der Waals surface area contributed by atoms with Gasteiger partial charge in [0.1, 0.15) is 22.8 Å². The van der Waals surface area contributed by atoms with Crippen LogP contribution in [0.3, 0.4) is 0 Å². The minimum Gasteiger partial charge on any atom is -0.508 e. The van der Waals surface area contributed by atoms with Crippen molar-refractivity contribution in [3.63, 3.8) is 0 Å². The van der Waals surface area contributed by atoms with E-state index in [1.807, 2.05) is 12.1 Å². The van der Waals surface area contributed by atoms with E-state index in [1.54, 1.807) is 6.07 Å². The van der Waals surface area contributed by atoms with Crippen molar-refractivity contribution in [2.24, 2.45) is 11.8 Å². The Morgan fingerprint density at radius 1 is 1.16 bits per heavy atom. The summed E-state index contributed by atoms with van der Waals surface area (Å²) in [4.78, 5) is 40.0. The fourth-order valence-corrected chi connectivity index (χ4v) is 5.15. The molecule has 8 nitrogen and oxygen atoms in total. The molecule has 0 unspecified atom stereocenters. The Morgan fingerprint density at radius 3 is 2.48 bits per heavy atom. The van der Waals surface area contributed by atoms with E-state index in [-0.39, 0.29) is 29.5 Å². The molecule has 1 amide bonds. The maximum Gasteiger partial charge on any atom is 0.260 e. The van der Waals surface area contributed by atoms with Crippen LogP contribution in [0.2, 0.25) is 0 Å². The number of likely N-dealkylation sites (N-methyl/N-ethyl adjacent to an activating group) is 1. The number of nitrogens with zero attached hydrogens (tertiary/aromatic N) is 1. The maximum absolute atomic E-state index is 13.5. The predicted molar refractivity (Wildman–Crippen MR) is 110 cm³/mol. The third-order valence-corrected chi connectivity index (χ3v) is 6.56. The lowest BCUT2D eigenvalue weighted by molar-refractivity contribution is -0.133. The molecule has 0 saturated heterocycles. The van der Waals surface area contributed by atoms with Crippen molar-refractivity contribution in [2.45, 2.75) is 24.9 Å². The number of benzene rings is 1. The number of ketones is 2. The number of rotatable bonds is 3. The second-order valence-corrected chi connectivity index (χ2v) is 8.42. The van der Waals surface area contributed by atoms with Gasteiger partial charge in [0.05, 0.1) is 19.8 Å². The molecule has 3 aliphatic rings. The number of amides is 1. The highest BCUT2D eigenvalue weighted by Crippen LogP contribution is 2.53. The number of ether oxygens (including phenoxy) is 2. The number of carbonyl (C=O) groups is 3. The van der Waals surface area contributed by atoms with Crippen LogP contribution in [0.5, 0.6) is 5.75 Å². The summed E-state index contributed by atoms with van der Waals surface area (Å²) in [6.07, 6.45) is 0.667. The Bertz CT molecular complexity index is 1070. The van der Waals surface area contributed by atoms with Crippen LogP contribution in [0.4, 0.5) is 0 Å². The minimum absolute atomic E-state index is 0.107. The van der Waals surface area contributed by atoms with Crippen LogP contribution >= 0.6 is 0 Å². The molecule has 3 aliphatic carbocycles. The normalized spacial score (nSPS) is 27.4. The third kappa shape index (κ3) is 2.81. The summed E-state index contributed by atoms with van der Waals surface area (Å²) in [5.74, 6) is -3.05. The van der Waals surface area contributed by atoms with Gasteiger partial charge < -0.3 is 24.6 Å². The zero-order valence-electron chi connectivity index (χ0n) is 17.9. The summed E-state index contributed by atoms with van der Waals surface area (Å²) < 4.78 is 10.9. The molecule has 1 aromatic carbocycles. The molecule has 31 heavy (non-hydrogen) atoms.